The highest BCUT2D eigenvalue weighted by Crippen LogP contribution is 2.28. The average Bonchev–Trinajstić information content (AvgIpc) is 3.03. The van der Waals surface area contributed by atoms with E-state index in [4.69, 9.17) is 27.9 Å². The van der Waals surface area contributed by atoms with Crippen LogP contribution < -0.4 is 14.4 Å². The van der Waals surface area contributed by atoms with Gasteiger partial charge < -0.3 is 15.0 Å². The molecular formula is C35H37Cl2N3O5S. The normalized spacial score (nSPS) is 11.8. The van der Waals surface area contributed by atoms with Crippen LogP contribution in [0.1, 0.15) is 30.5 Å². The Morgan fingerprint density at radius 3 is 2.17 bits per heavy atom. The van der Waals surface area contributed by atoms with Crippen LogP contribution in [0, 0.1) is 6.92 Å². The summed E-state index contributed by atoms with van der Waals surface area (Å²) in [4.78, 5) is 29.5. The van der Waals surface area contributed by atoms with E-state index in [2.05, 4.69) is 5.32 Å². The zero-order valence-electron chi connectivity index (χ0n) is 26.0. The van der Waals surface area contributed by atoms with Crippen LogP contribution in [0.15, 0.2) is 102 Å². The Kier molecular flexibility index (Phi) is 12.1. The Balaban J connectivity index is 1.81. The number of rotatable bonds is 14. The van der Waals surface area contributed by atoms with Gasteiger partial charge >= 0.3 is 0 Å². The van der Waals surface area contributed by atoms with E-state index in [0.717, 1.165) is 15.4 Å². The van der Waals surface area contributed by atoms with Crippen molar-refractivity contribution in [3.8, 4) is 5.75 Å². The van der Waals surface area contributed by atoms with Crippen LogP contribution >= 0.6 is 23.2 Å². The highest BCUT2D eigenvalue weighted by atomic mass is 35.5. The molecule has 11 heteroatoms. The molecule has 1 N–H and O–H groups in total. The first-order valence-corrected chi connectivity index (χ1v) is 17.1. The molecule has 2 amide bonds. The zero-order valence-corrected chi connectivity index (χ0v) is 28.3. The molecule has 8 nitrogen and oxygen atoms in total. The van der Waals surface area contributed by atoms with Crippen LogP contribution in [0.25, 0.3) is 0 Å². The average molecular weight is 683 g/mol. The highest BCUT2D eigenvalue weighted by Gasteiger charge is 2.34. The number of nitrogens with one attached hydrogen (secondary N) is 1. The van der Waals surface area contributed by atoms with Crippen molar-refractivity contribution in [2.24, 2.45) is 0 Å². The molecule has 0 aliphatic heterocycles. The summed E-state index contributed by atoms with van der Waals surface area (Å²) in [6.07, 6.45) is 0.192. The van der Waals surface area contributed by atoms with E-state index in [0.29, 0.717) is 34.5 Å². The molecule has 0 radical (unpaired) electrons. The van der Waals surface area contributed by atoms with Crippen molar-refractivity contribution in [1.29, 1.82) is 0 Å². The van der Waals surface area contributed by atoms with Gasteiger partial charge in [-0.1, -0.05) is 77.3 Å². The number of carbonyl (C=O) groups is 2. The van der Waals surface area contributed by atoms with Crippen molar-refractivity contribution in [2.45, 2.75) is 44.7 Å². The molecule has 0 spiro atoms. The summed E-state index contributed by atoms with van der Waals surface area (Å²) in [6.45, 7) is 5.63. The fourth-order valence-corrected chi connectivity index (χ4v) is 6.80. The number of likely N-dealkylation sites (N-methyl/N-ethyl adjacent to an activating group) is 1. The van der Waals surface area contributed by atoms with Crippen molar-refractivity contribution < 1.29 is 22.7 Å². The van der Waals surface area contributed by atoms with Gasteiger partial charge in [0.1, 0.15) is 18.3 Å². The van der Waals surface area contributed by atoms with E-state index in [-0.39, 0.29) is 29.5 Å². The summed E-state index contributed by atoms with van der Waals surface area (Å²) < 4.78 is 35.0. The number of anilines is 1. The third-order valence-electron chi connectivity index (χ3n) is 7.30. The molecular weight excluding hydrogens is 645 g/mol. The van der Waals surface area contributed by atoms with Gasteiger partial charge in [0, 0.05) is 29.6 Å². The van der Waals surface area contributed by atoms with Gasteiger partial charge in [0.05, 0.1) is 17.2 Å². The summed E-state index contributed by atoms with van der Waals surface area (Å²) in [5, 5.41) is 3.58. The van der Waals surface area contributed by atoms with Crippen LogP contribution in [0.3, 0.4) is 0 Å². The predicted molar refractivity (Wildman–Crippen MR) is 183 cm³/mol. The second-order valence-electron chi connectivity index (χ2n) is 10.6. The first-order valence-electron chi connectivity index (χ1n) is 14.9. The van der Waals surface area contributed by atoms with Crippen LogP contribution in [-0.4, -0.2) is 50.9 Å². The number of carbonyl (C=O) groups excluding carboxylic acids is 2. The Morgan fingerprint density at radius 1 is 0.891 bits per heavy atom. The molecule has 0 aliphatic rings. The molecule has 4 aromatic carbocycles. The third-order valence-corrected chi connectivity index (χ3v) is 9.68. The molecule has 0 fully saturated rings. The van der Waals surface area contributed by atoms with Gasteiger partial charge in [-0.15, -0.1) is 0 Å². The molecule has 0 bridgehead atoms. The summed E-state index contributed by atoms with van der Waals surface area (Å²) in [7, 11) is -4.23. The van der Waals surface area contributed by atoms with Gasteiger partial charge in [0.2, 0.25) is 11.8 Å². The van der Waals surface area contributed by atoms with Gasteiger partial charge in [-0.2, -0.15) is 0 Å². The lowest BCUT2D eigenvalue weighted by Gasteiger charge is -2.34. The lowest BCUT2D eigenvalue weighted by atomic mass is 10.0. The minimum Gasteiger partial charge on any atom is -0.494 e. The Morgan fingerprint density at radius 2 is 1.57 bits per heavy atom. The highest BCUT2D eigenvalue weighted by molar-refractivity contribution is 7.92. The lowest BCUT2D eigenvalue weighted by Crippen LogP contribution is -2.53. The smallest absolute Gasteiger partial charge is 0.264 e. The van der Waals surface area contributed by atoms with Crippen LogP contribution in [0.2, 0.25) is 10.0 Å². The molecule has 0 unspecified atom stereocenters. The summed E-state index contributed by atoms with van der Waals surface area (Å²) >= 11 is 12.7. The number of halogens is 2. The largest absolute Gasteiger partial charge is 0.494 e. The van der Waals surface area contributed by atoms with Crippen LogP contribution in [0.4, 0.5) is 5.69 Å². The number of ether oxygens (including phenoxy) is 1. The molecule has 0 saturated heterocycles. The topological polar surface area (TPSA) is 96.0 Å². The van der Waals surface area contributed by atoms with E-state index in [1.807, 2.05) is 44.2 Å². The number of sulfonamides is 1. The van der Waals surface area contributed by atoms with Crippen molar-refractivity contribution in [2.75, 3.05) is 24.0 Å². The van der Waals surface area contributed by atoms with Crippen LogP contribution in [-0.2, 0) is 32.6 Å². The monoisotopic (exact) mass is 681 g/mol. The number of aryl methyl sites for hydroxylation is 1. The molecule has 0 heterocycles. The summed E-state index contributed by atoms with van der Waals surface area (Å²) in [5.41, 5.74) is 2.53. The van der Waals surface area contributed by atoms with E-state index in [1.165, 1.54) is 17.0 Å². The van der Waals surface area contributed by atoms with Crippen LogP contribution in [0.5, 0.6) is 5.75 Å². The molecule has 4 aromatic rings. The van der Waals surface area contributed by atoms with E-state index < -0.39 is 28.5 Å². The zero-order chi connectivity index (χ0) is 33.3. The molecule has 4 rings (SSSR count). The number of amides is 2. The second-order valence-corrected chi connectivity index (χ2v) is 13.3. The Hall–Kier alpha value is -4.05. The standard InChI is InChI=1S/C35H37Cl2N3O5S/c1-4-38-35(42)33(21-26-9-7-6-8-10-26)39(23-27-13-14-28(36)22-32(27)37)34(41)24-40(29-15-17-30(18-16-29)45-5-2)46(43,44)31-19-11-25(3)12-20-31/h6-20,22,33H,4-5,21,23-24H2,1-3H3,(H,38,42)/t33-/m1/s1. The molecule has 0 aromatic heterocycles. The first kappa shape index (κ1) is 34.8. The maximum Gasteiger partial charge on any atom is 0.264 e. The number of hydrogen-bond acceptors (Lipinski definition) is 5. The van der Waals surface area contributed by atoms with Crippen molar-refractivity contribution >= 4 is 50.7 Å². The molecule has 46 heavy (non-hydrogen) atoms. The molecule has 0 aliphatic carbocycles. The first-order chi connectivity index (χ1) is 22.0. The van der Waals surface area contributed by atoms with Gasteiger partial charge in [-0.3, -0.25) is 13.9 Å². The minimum atomic E-state index is -4.23. The summed E-state index contributed by atoms with van der Waals surface area (Å²) in [5.74, 6) is -0.412. The third kappa shape index (κ3) is 8.81. The Labute approximate surface area is 280 Å². The molecule has 1 atom stereocenters. The van der Waals surface area contributed by atoms with E-state index in [1.54, 1.807) is 61.5 Å². The van der Waals surface area contributed by atoms with Crippen molar-refractivity contribution in [1.82, 2.24) is 10.2 Å². The van der Waals surface area contributed by atoms with Gasteiger partial charge in [-0.25, -0.2) is 8.42 Å². The van der Waals surface area contributed by atoms with Gasteiger partial charge in [0.25, 0.3) is 10.0 Å². The SMILES string of the molecule is CCNC(=O)[C@@H](Cc1ccccc1)N(Cc1ccc(Cl)cc1Cl)C(=O)CN(c1ccc(OCC)cc1)S(=O)(=O)c1ccc(C)cc1. The van der Waals surface area contributed by atoms with Gasteiger partial charge in [0.15, 0.2) is 0 Å². The van der Waals surface area contributed by atoms with Crippen molar-refractivity contribution in [3.63, 3.8) is 0 Å². The molecule has 242 valence electrons. The Bertz CT molecular complexity index is 1730. The molecule has 0 saturated carbocycles. The fourth-order valence-electron chi connectivity index (χ4n) is 4.92. The summed E-state index contributed by atoms with van der Waals surface area (Å²) in [6, 6.07) is 26.2. The number of hydrogen-bond donors (Lipinski definition) is 1. The van der Waals surface area contributed by atoms with Gasteiger partial charge in [-0.05, 0) is 80.4 Å². The maximum atomic E-state index is 14.5. The van der Waals surface area contributed by atoms with E-state index in [9.17, 15) is 18.0 Å². The number of nitrogens with zero attached hydrogens (tertiary/aromatic N) is 2. The number of benzene rings is 4. The fraction of sp³-hybridized carbons (Fsp3) is 0.257. The predicted octanol–water partition coefficient (Wildman–Crippen LogP) is 6.67. The maximum absolute atomic E-state index is 14.5. The van der Waals surface area contributed by atoms with E-state index >= 15 is 0 Å². The second kappa shape index (κ2) is 16.0. The quantitative estimate of drug-likeness (QED) is 0.160. The minimum absolute atomic E-state index is 0.0247. The lowest BCUT2D eigenvalue weighted by molar-refractivity contribution is -0.140. The van der Waals surface area contributed by atoms with Crippen molar-refractivity contribution in [3.05, 3.63) is 124 Å².